The summed E-state index contributed by atoms with van der Waals surface area (Å²) in [6.07, 6.45) is 2.41. The van der Waals surface area contributed by atoms with Crippen LogP contribution in [0.2, 0.25) is 0 Å². The molecule has 0 aromatic carbocycles. The molecule has 1 aliphatic rings. The average molecular weight is 124 g/mol. The molecule has 0 spiro atoms. The fraction of sp³-hybridized carbons (Fsp3) is 0.800. The molecular weight excluding hydrogens is 115 g/mol. The molecule has 0 unspecified atom stereocenters. The van der Waals surface area contributed by atoms with Crippen molar-refractivity contribution < 1.29 is 9.53 Å². The van der Waals surface area contributed by atoms with Crippen molar-refractivity contribution in [3.8, 4) is 0 Å². The predicted octanol–water partition coefficient (Wildman–Crippen LogP) is 0.0634. The normalized spacial score (nSPS) is 16.6. The summed E-state index contributed by atoms with van der Waals surface area (Å²) in [5.41, 5.74) is 0. The average Bonchev–Trinajstić information content (AvgIpc) is 2.17. The second-order valence-electron chi connectivity index (χ2n) is 1.81. The van der Waals surface area contributed by atoms with E-state index in [9.17, 15) is 4.79 Å². The van der Waals surface area contributed by atoms with Crippen molar-refractivity contribution in [1.29, 1.82) is 0 Å². The molecule has 0 aliphatic heterocycles. The van der Waals surface area contributed by atoms with E-state index in [0.29, 0.717) is 0 Å². The van der Waals surface area contributed by atoms with Gasteiger partial charge >= 0.3 is 35.5 Å². The summed E-state index contributed by atoms with van der Waals surface area (Å²) in [6.45, 7) is 1.44. The molecule has 1 rings (SSSR count). The molecule has 0 amide bonds. The summed E-state index contributed by atoms with van der Waals surface area (Å²) in [5, 5.41) is 0. The monoisotopic (exact) mass is 124 g/mol. The molecule has 0 radical (unpaired) electrons. The van der Waals surface area contributed by atoms with E-state index in [2.05, 4.69) is 0 Å². The molecule has 0 aromatic rings. The number of hydrogen-bond donors (Lipinski definition) is 0. The topological polar surface area (TPSA) is 26.3 Å². The first-order valence-corrected chi connectivity index (χ1v) is 2.46. The number of esters is 1. The molecule has 42 valence electrons. The first kappa shape index (κ1) is 8.47. The molecule has 0 heterocycles. The maximum absolute atomic E-state index is 10.1. The van der Waals surface area contributed by atoms with Crippen LogP contribution in [0.4, 0.5) is 0 Å². The Bertz CT molecular complexity index is 88.4. The van der Waals surface area contributed by atoms with Crippen LogP contribution in [0.25, 0.3) is 0 Å². The molecule has 8 heavy (non-hydrogen) atoms. The van der Waals surface area contributed by atoms with Crippen molar-refractivity contribution in [2.24, 2.45) is 0 Å². The SMILES string of the molecule is CC(=O)OC1CC1.[NaH]. The van der Waals surface area contributed by atoms with E-state index in [1.165, 1.54) is 6.92 Å². The predicted molar refractivity (Wildman–Crippen MR) is 31.9 cm³/mol. The van der Waals surface area contributed by atoms with Gasteiger partial charge in [-0.1, -0.05) is 0 Å². The van der Waals surface area contributed by atoms with Gasteiger partial charge in [0.05, 0.1) is 0 Å². The molecule has 0 bridgehead atoms. The molecule has 1 saturated carbocycles. The Hall–Kier alpha value is 0.470. The second kappa shape index (κ2) is 3.49. The Balaban J connectivity index is 0.000000490. The van der Waals surface area contributed by atoms with Gasteiger partial charge < -0.3 is 4.74 Å². The number of rotatable bonds is 1. The van der Waals surface area contributed by atoms with E-state index < -0.39 is 0 Å². The Morgan fingerprint density at radius 3 is 2.25 bits per heavy atom. The van der Waals surface area contributed by atoms with E-state index >= 15 is 0 Å². The van der Waals surface area contributed by atoms with Crippen molar-refractivity contribution in [3.05, 3.63) is 0 Å². The summed E-state index contributed by atoms with van der Waals surface area (Å²) in [7, 11) is 0. The standard InChI is InChI=1S/C5H8O2.Na.H/c1-4(6)7-5-2-3-5;;/h5H,2-3H2,1H3;;. The van der Waals surface area contributed by atoms with E-state index in [4.69, 9.17) is 4.74 Å². The van der Waals surface area contributed by atoms with Crippen LogP contribution in [0.5, 0.6) is 0 Å². The first-order chi connectivity index (χ1) is 3.29. The zero-order valence-corrected chi connectivity index (χ0v) is 4.31. The van der Waals surface area contributed by atoms with Crippen LogP contribution in [0.3, 0.4) is 0 Å². The van der Waals surface area contributed by atoms with Crippen molar-refractivity contribution in [2.75, 3.05) is 0 Å². The minimum atomic E-state index is -0.150. The van der Waals surface area contributed by atoms with Crippen LogP contribution in [-0.4, -0.2) is 41.6 Å². The number of carbonyl (C=O) groups is 1. The summed E-state index contributed by atoms with van der Waals surface area (Å²) in [4.78, 5) is 10.1. The number of hydrogen-bond acceptors (Lipinski definition) is 2. The van der Waals surface area contributed by atoms with Gasteiger partial charge in [-0.05, 0) is 12.8 Å². The van der Waals surface area contributed by atoms with Gasteiger partial charge in [0.2, 0.25) is 0 Å². The fourth-order valence-electron chi connectivity index (χ4n) is 0.421. The van der Waals surface area contributed by atoms with Crippen molar-refractivity contribution in [1.82, 2.24) is 0 Å². The molecule has 0 aromatic heterocycles. The van der Waals surface area contributed by atoms with E-state index in [1.807, 2.05) is 0 Å². The molecule has 1 aliphatic carbocycles. The van der Waals surface area contributed by atoms with E-state index in [1.54, 1.807) is 0 Å². The summed E-state index contributed by atoms with van der Waals surface area (Å²) >= 11 is 0. The third-order valence-electron chi connectivity index (χ3n) is 0.857. The van der Waals surface area contributed by atoms with E-state index in [0.717, 1.165) is 12.8 Å². The van der Waals surface area contributed by atoms with Gasteiger partial charge in [-0.3, -0.25) is 4.79 Å². The van der Waals surface area contributed by atoms with Crippen molar-refractivity contribution >= 4 is 35.5 Å². The molecule has 0 atom stereocenters. The van der Waals surface area contributed by atoms with Crippen LogP contribution < -0.4 is 0 Å². The summed E-state index contributed by atoms with van der Waals surface area (Å²) < 4.78 is 4.72. The van der Waals surface area contributed by atoms with Crippen LogP contribution in [-0.2, 0) is 9.53 Å². The Morgan fingerprint density at radius 1 is 1.62 bits per heavy atom. The van der Waals surface area contributed by atoms with Crippen LogP contribution in [0, 0.1) is 0 Å². The third kappa shape index (κ3) is 3.47. The molecule has 0 saturated heterocycles. The Labute approximate surface area is 70.9 Å². The van der Waals surface area contributed by atoms with Gasteiger partial charge in [0.15, 0.2) is 0 Å². The molecule has 3 heteroatoms. The maximum atomic E-state index is 10.1. The van der Waals surface area contributed by atoms with Gasteiger partial charge in [0, 0.05) is 6.92 Å². The van der Waals surface area contributed by atoms with Gasteiger partial charge in [0.25, 0.3) is 0 Å². The van der Waals surface area contributed by atoms with E-state index in [-0.39, 0.29) is 41.6 Å². The molecule has 0 N–H and O–H groups in total. The van der Waals surface area contributed by atoms with Crippen molar-refractivity contribution in [3.63, 3.8) is 0 Å². The third-order valence-corrected chi connectivity index (χ3v) is 0.857. The van der Waals surface area contributed by atoms with Gasteiger partial charge in [-0.15, -0.1) is 0 Å². The number of carbonyl (C=O) groups excluding carboxylic acids is 1. The van der Waals surface area contributed by atoms with Gasteiger partial charge in [-0.2, -0.15) is 0 Å². The Kier molecular flexibility index (Phi) is 3.69. The molecule has 2 nitrogen and oxygen atoms in total. The zero-order chi connectivity index (χ0) is 5.28. The van der Waals surface area contributed by atoms with Gasteiger partial charge in [-0.25, -0.2) is 0 Å². The van der Waals surface area contributed by atoms with Crippen molar-refractivity contribution in [2.45, 2.75) is 25.9 Å². The second-order valence-corrected chi connectivity index (χ2v) is 1.81. The first-order valence-electron chi connectivity index (χ1n) is 2.46. The minimum absolute atomic E-state index is 0. The summed E-state index contributed by atoms with van der Waals surface area (Å²) in [6, 6.07) is 0. The summed E-state index contributed by atoms with van der Waals surface area (Å²) in [5.74, 6) is -0.150. The molecule has 1 fully saturated rings. The van der Waals surface area contributed by atoms with Crippen LogP contribution in [0.1, 0.15) is 19.8 Å². The van der Waals surface area contributed by atoms with Gasteiger partial charge in [0.1, 0.15) is 6.10 Å². The van der Waals surface area contributed by atoms with Crippen LogP contribution in [0.15, 0.2) is 0 Å². The van der Waals surface area contributed by atoms with Crippen LogP contribution >= 0.6 is 0 Å². The quantitative estimate of drug-likeness (QED) is 0.365. The Morgan fingerprint density at radius 2 is 2.12 bits per heavy atom. The molecular formula is C5H9NaO2. The zero-order valence-electron chi connectivity index (χ0n) is 4.31. The fourth-order valence-corrected chi connectivity index (χ4v) is 0.421. The number of ether oxygens (including phenoxy) is 1.